The number of halogens is 1. The first-order chi connectivity index (χ1) is 10.6. The van der Waals surface area contributed by atoms with E-state index in [-0.39, 0.29) is 0 Å². The van der Waals surface area contributed by atoms with Crippen molar-refractivity contribution in [2.45, 2.75) is 6.92 Å². The van der Waals surface area contributed by atoms with Gasteiger partial charge in [0.25, 0.3) is 0 Å². The monoisotopic (exact) mass is 376 g/mol. The number of nitrogens with zero attached hydrogens (tertiary/aromatic N) is 5. The molecule has 3 heterocycles. The lowest BCUT2D eigenvalue weighted by atomic mass is 10.2. The summed E-state index contributed by atoms with van der Waals surface area (Å²) < 4.78 is 2.52. The minimum absolute atomic E-state index is 0.385. The number of hydrogen-bond donors (Lipinski definition) is 1. The van der Waals surface area contributed by atoms with Crippen molar-refractivity contribution in [2.24, 2.45) is 15.7 Å². The van der Waals surface area contributed by atoms with Gasteiger partial charge in [-0.15, -0.1) is 11.3 Å². The van der Waals surface area contributed by atoms with Gasteiger partial charge in [0.05, 0.1) is 16.8 Å². The molecule has 0 saturated carbocycles. The molecular weight excluding hydrogens is 364 g/mol. The van der Waals surface area contributed by atoms with Gasteiger partial charge in [-0.1, -0.05) is 6.07 Å². The first-order valence-electron chi connectivity index (χ1n) is 6.46. The summed E-state index contributed by atoms with van der Waals surface area (Å²) in [5, 5.41) is 5.36. The predicted molar refractivity (Wildman–Crippen MR) is 93.9 cm³/mol. The van der Waals surface area contributed by atoms with E-state index in [1.165, 1.54) is 17.7 Å². The van der Waals surface area contributed by atoms with E-state index in [1.54, 1.807) is 7.05 Å². The molecule has 0 aliphatic carbocycles. The summed E-state index contributed by atoms with van der Waals surface area (Å²) in [7, 11) is 1.65. The van der Waals surface area contributed by atoms with E-state index in [4.69, 9.17) is 5.73 Å². The molecule has 2 N–H and O–H groups in total. The Labute approximate surface area is 139 Å². The zero-order chi connectivity index (χ0) is 15.7. The maximum Gasteiger partial charge on any atom is 0.145 e. The molecule has 0 saturated heterocycles. The second-order valence-electron chi connectivity index (χ2n) is 4.52. The van der Waals surface area contributed by atoms with Gasteiger partial charge in [0.1, 0.15) is 26.7 Å². The van der Waals surface area contributed by atoms with Crippen molar-refractivity contribution < 1.29 is 0 Å². The van der Waals surface area contributed by atoms with Crippen LogP contribution >= 0.6 is 27.3 Å². The van der Waals surface area contributed by atoms with Crippen molar-refractivity contribution in [3.8, 4) is 10.6 Å². The van der Waals surface area contributed by atoms with Crippen LogP contribution in [0.3, 0.4) is 0 Å². The van der Waals surface area contributed by atoms with Crippen LogP contribution in [0.4, 0.5) is 0 Å². The van der Waals surface area contributed by atoms with Crippen molar-refractivity contribution >= 4 is 45.0 Å². The average Bonchev–Trinajstić information content (AvgIpc) is 3.03. The molecule has 0 bridgehead atoms. The van der Waals surface area contributed by atoms with E-state index in [9.17, 15) is 0 Å². The van der Waals surface area contributed by atoms with E-state index in [0.717, 1.165) is 26.7 Å². The van der Waals surface area contributed by atoms with Gasteiger partial charge in [-0.05, 0) is 35.0 Å². The fraction of sp³-hybridized carbons (Fsp3) is 0.143. The highest BCUT2D eigenvalue weighted by molar-refractivity contribution is 9.10. The second-order valence-corrected chi connectivity index (χ2v) is 6.27. The molecule has 8 heteroatoms. The molecular formula is C14H13BrN6S. The third-order valence-corrected chi connectivity index (χ3v) is 4.99. The van der Waals surface area contributed by atoms with Crippen LogP contribution in [0.1, 0.15) is 10.6 Å². The first-order valence-corrected chi connectivity index (χ1v) is 8.07. The van der Waals surface area contributed by atoms with Gasteiger partial charge < -0.3 is 5.73 Å². The summed E-state index contributed by atoms with van der Waals surface area (Å²) >= 11 is 4.93. The number of nitrogens with two attached hydrogens (primary N) is 1. The third-order valence-electron chi connectivity index (χ3n) is 3.06. The smallest absolute Gasteiger partial charge is 0.145 e. The maximum absolute atomic E-state index is 5.98. The summed E-state index contributed by atoms with van der Waals surface area (Å²) in [4.78, 5) is 13.2. The molecule has 0 atom stereocenters. The Morgan fingerprint density at radius 3 is 3.05 bits per heavy atom. The van der Waals surface area contributed by atoms with Gasteiger partial charge in [-0.3, -0.25) is 4.99 Å². The zero-order valence-corrected chi connectivity index (χ0v) is 14.4. The quantitative estimate of drug-likeness (QED) is 0.563. The molecule has 0 unspecified atom stereocenters. The number of amidine groups is 1. The lowest BCUT2D eigenvalue weighted by Gasteiger charge is -1.95. The fourth-order valence-corrected chi connectivity index (χ4v) is 3.84. The fourth-order valence-electron chi connectivity index (χ4n) is 2.13. The summed E-state index contributed by atoms with van der Waals surface area (Å²) in [5.74, 6) is 0.385. The van der Waals surface area contributed by atoms with Gasteiger partial charge in [0, 0.05) is 13.2 Å². The highest BCUT2D eigenvalue weighted by atomic mass is 79.9. The SMILES string of the molecule is CN=CN=C(N)c1sc(-c2c(C)nn3ccccc23)nc1Br. The molecule has 3 aromatic rings. The molecule has 112 valence electrons. The second kappa shape index (κ2) is 5.98. The topological polar surface area (TPSA) is 80.9 Å². The summed E-state index contributed by atoms with van der Waals surface area (Å²) in [6.07, 6.45) is 3.34. The van der Waals surface area contributed by atoms with E-state index in [2.05, 4.69) is 36.0 Å². The number of pyridine rings is 1. The number of rotatable bonds is 3. The molecule has 0 fully saturated rings. The summed E-state index contributed by atoms with van der Waals surface area (Å²) in [6.45, 7) is 1.97. The molecule has 3 rings (SSSR count). The van der Waals surface area contributed by atoms with Crippen LogP contribution in [0, 0.1) is 6.92 Å². The maximum atomic E-state index is 5.98. The van der Waals surface area contributed by atoms with Crippen LogP contribution in [-0.2, 0) is 0 Å². The lowest BCUT2D eigenvalue weighted by molar-refractivity contribution is 0.934. The van der Waals surface area contributed by atoms with Crippen LogP contribution in [0.25, 0.3) is 16.1 Å². The van der Waals surface area contributed by atoms with Crippen molar-refractivity contribution in [1.82, 2.24) is 14.6 Å². The first kappa shape index (κ1) is 14.9. The molecule has 0 spiro atoms. The van der Waals surface area contributed by atoms with E-state index >= 15 is 0 Å². The Morgan fingerprint density at radius 2 is 2.27 bits per heavy atom. The van der Waals surface area contributed by atoms with Gasteiger partial charge in [0.2, 0.25) is 0 Å². The Hall–Kier alpha value is -2.06. The van der Waals surface area contributed by atoms with Crippen molar-refractivity contribution in [2.75, 3.05) is 7.05 Å². The molecule has 0 amide bonds. The number of aromatic nitrogens is 3. The highest BCUT2D eigenvalue weighted by Crippen LogP contribution is 2.35. The Morgan fingerprint density at radius 1 is 1.45 bits per heavy atom. The molecule has 0 aromatic carbocycles. The number of aryl methyl sites for hydroxylation is 1. The van der Waals surface area contributed by atoms with Gasteiger partial charge in [0.15, 0.2) is 0 Å². The Bertz CT molecular complexity index is 892. The van der Waals surface area contributed by atoms with Gasteiger partial charge in [-0.2, -0.15) is 5.10 Å². The van der Waals surface area contributed by atoms with Gasteiger partial charge >= 0.3 is 0 Å². The molecule has 0 aliphatic heterocycles. The van der Waals surface area contributed by atoms with E-state index in [0.29, 0.717) is 10.4 Å². The number of fused-ring (bicyclic) bond motifs is 1. The zero-order valence-electron chi connectivity index (χ0n) is 12.0. The minimum atomic E-state index is 0.385. The number of aliphatic imine (C=N–C) groups is 2. The van der Waals surface area contributed by atoms with Crippen LogP contribution in [-0.4, -0.2) is 33.8 Å². The third kappa shape index (κ3) is 2.55. The van der Waals surface area contributed by atoms with Crippen molar-refractivity contribution in [3.63, 3.8) is 0 Å². The molecule has 3 aromatic heterocycles. The van der Waals surface area contributed by atoms with E-state index < -0.39 is 0 Å². The summed E-state index contributed by atoms with van der Waals surface area (Å²) in [5.41, 5.74) is 8.92. The standard InChI is InChI=1S/C14H13BrN6S/c1-8-10(9-5-3-4-6-21(9)20-8)14-19-12(15)11(22-14)13(16)18-7-17-2/h3-7H,1-2H3,(H2,16,17,18). The molecule has 0 aliphatic rings. The minimum Gasteiger partial charge on any atom is -0.382 e. The molecule has 22 heavy (non-hydrogen) atoms. The molecule has 0 radical (unpaired) electrons. The van der Waals surface area contributed by atoms with Crippen LogP contribution in [0.15, 0.2) is 39.0 Å². The van der Waals surface area contributed by atoms with Crippen molar-refractivity contribution in [1.29, 1.82) is 0 Å². The van der Waals surface area contributed by atoms with E-state index in [1.807, 2.05) is 35.8 Å². The van der Waals surface area contributed by atoms with Crippen molar-refractivity contribution in [3.05, 3.63) is 39.6 Å². The predicted octanol–water partition coefficient (Wildman–Crippen LogP) is 2.89. The van der Waals surface area contributed by atoms with Crippen LogP contribution in [0.2, 0.25) is 0 Å². The average molecular weight is 377 g/mol. The number of hydrogen-bond acceptors (Lipinski definition) is 4. The summed E-state index contributed by atoms with van der Waals surface area (Å²) in [6, 6.07) is 5.95. The van der Waals surface area contributed by atoms with Crippen LogP contribution < -0.4 is 5.73 Å². The Balaban J connectivity index is 2.15. The Kier molecular flexibility index (Phi) is 4.04. The largest absolute Gasteiger partial charge is 0.382 e. The van der Waals surface area contributed by atoms with Gasteiger partial charge in [-0.25, -0.2) is 14.5 Å². The normalized spacial score (nSPS) is 12.6. The molecule has 6 nitrogen and oxygen atoms in total. The number of thiazole rings is 1. The highest BCUT2D eigenvalue weighted by Gasteiger charge is 2.18. The van der Waals surface area contributed by atoms with Crippen LogP contribution in [0.5, 0.6) is 0 Å². The lowest BCUT2D eigenvalue weighted by Crippen LogP contribution is -2.12.